The van der Waals surface area contributed by atoms with Crippen LogP contribution in [0.3, 0.4) is 0 Å². The van der Waals surface area contributed by atoms with Crippen LogP contribution >= 0.6 is 11.6 Å². The highest BCUT2D eigenvalue weighted by molar-refractivity contribution is 6.31. The van der Waals surface area contributed by atoms with Crippen molar-refractivity contribution in [2.45, 2.75) is 13.5 Å². The number of nitrogens with one attached hydrogen (secondary N) is 3. The Morgan fingerprint density at radius 1 is 1.37 bits per heavy atom. The molecule has 0 aliphatic heterocycles. The highest BCUT2D eigenvalue weighted by Gasteiger charge is 2.08. The predicted octanol–water partition coefficient (Wildman–Crippen LogP) is 3.03. The summed E-state index contributed by atoms with van der Waals surface area (Å²) in [5.41, 5.74) is 2.34. The molecule has 19 heavy (non-hydrogen) atoms. The number of halogens is 1. The quantitative estimate of drug-likeness (QED) is 0.787. The summed E-state index contributed by atoms with van der Waals surface area (Å²) in [7, 11) is 0. The molecule has 0 unspecified atom stereocenters. The lowest BCUT2D eigenvalue weighted by Crippen LogP contribution is -2.14. The Morgan fingerprint density at radius 2 is 2.21 bits per heavy atom. The zero-order valence-electron chi connectivity index (χ0n) is 10.7. The zero-order valence-corrected chi connectivity index (χ0v) is 11.4. The van der Waals surface area contributed by atoms with Gasteiger partial charge in [-0.15, -0.1) is 0 Å². The van der Waals surface area contributed by atoms with Gasteiger partial charge in [0.2, 0.25) is 0 Å². The molecule has 1 amide bonds. The van der Waals surface area contributed by atoms with Crippen molar-refractivity contribution in [2.75, 3.05) is 11.9 Å². The molecule has 1 heterocycles. The molecule has 0 saturated heterocycles. The van der Waals surface area contributed by atoms with E-state index in [0.717, 1.165) is 24.3 Å². The van der Waals surface area contributed by atoms with Gasteiger partial charge in [-0.05, 0) is 30.3 Å². The Balaban J connectivity index is 2.04. The van der Waals surface area contributed by atoms with E-state index in [9.17, 15) is 4.79 Å². The van der Waals surface area contributed by atoms with Crippen molar-refractivity contribution in [3.63, 3.8) is 0 Å². The minimum atomic E-state index is -0.201. The van der Waals surface area contributed by atoms with Gasteiger partial charge >= 0.3 is 0 Å². The number of carbonyl (C=O) groups excluding carboxylic acids is 1. The highest BCUT2D eigenvalue weighted by atomic mass is 35.5. The lowest BCUT2D eigenvalue weighted by molar-refractivity contribution is 0.102. The Morgan fingerprint density at radius 3 is 2.89 bits per heavy atom. The first-order chi connectivity index (χ1) is 9.19. The van der Waals surface area contributed by atoms with Crippen molar-refractivity contribution < 1.29 is 4.79 Å². The third kappa shape index (κ3) is 3.84. The number of anilines is 1. The van der Waals surface area contributed by atoms with Crippen LogP contribution in [0.15, 0.2) is 36.5 Å². The van der Waals surface area contributed by atoms with E-state index >= 15 is 0 Å². The molecule has 1 aromatic heterocycles. The Hall–Kier alpha value is -1.78. The molecule has 100 valence electrons. The zero-order chi connectivity index (χ0) is 13.7. The van der Waals surface area contributed by atoms with Gasteiger partial charge in [0.1, 0.15) is 5.69 Å². The summed E-state index contributed by atoms with van der Waals surface area (Å²) >= 11 is 5.77. The second-order valence-electron chi connectivity index (χ2n) is 4.17. The van der Waals surface area contributed by atoms with Gasteiger partial charge in [-0.2, -0.15) is 0 Å². The lowest BCUT2D eigenvalue weighted by atomic mass is 10.2. The first-order valence-corrected chi connectivity index (χ1v) is 6.51. The van der Waals surface area contributed by atoms with Gasteiger partial charge in [-0.3, -0.25) is 4.79 Å². The Labute approximate surface area is 117 Å². The van der Waals surface area contributed by atoms with Gasteiger partial charge in [0, 0.05) is 18.4 Å². The molecule has 4 nitrogen and oxygen atoms in total. The fourth-order valence-corrected chi connectivity index (χ4v) is 1.89. The van der Waals surface area contributed by atoms with Gasteiger partial charge in [-0.1, -0.05) is 30.7 Å². The van der Waals surface area contributed by atoms with Crippen LogP contribution in [-0.2, 0) is 6.54 Å². The second kappa shape index (κ2) is 6.41. The minimum Gasteiger partial charge on any atom is -0.356 e. The van der Waals surface area contributed by atoms with E-state index in [1.807, 2.05) is 24.3 Å². The van der Waals surface area contributed by atoms with Crippen molar-refractivity contribution in [1.29, 1.82) is 0 Å². The van der Waals surface area contributed by atoms with Crippen molar-refractivity contribution in [3.8, 4) is 0 Å². The number of rotatable bonds is 5. The molecule has 0 atom stereocenters. The summed E-state index contributed by atoms with van der Waals surface area (Å²) < 4.78 is 0. The second-order valence-corrected chi connectivity index (χ2v) is 4.60. The first-order valence-electron chi connectivity index (χ1n) is 6.14. The van der Waals surface area contributed by atoms with Crippen molar-refractivity contribution >= 4 is 23.2 Å². The standard InChI is InChI=1S/C14H16ClN3O/c1-2-16-8-10-4-3-5-12(6-10)18-14(19)13-7-11(15)9-17-13/h3-7,9,16-17H,2,8H2,1H3,(H,18,19). The average Bonchev–Trinajstić information content (AvgIpc) is 2.83. The number of aromatic amines is 1. The smallest absolute Gasteiger partial charge is 0.272 e. The number of aromatic nitrogens is 1. The SMILES string of the molecule is CCNCc1cccc(NC(=O)c2cc(Cl)c[nH]2)c1. The van der Waals surface area contributed by atoms with Crippen LogP contribution in [0.4, 0.5) is 5.69 Å². The van der Waals surface area contributed by atoms with Crippen molar-refractivity contribution in [1.82, 2.24) is 10.3 Å². The molecule has 0 fully saturated rings. The molecular weight excluding hydrogens is 262 g/mol. The fourth-order valence-electron chi connectivity index (χ4n) is 1.73. The third-order valence-electron chi connectivity index (χ3n) is 2.66. The third-order valence-corrected chi connectivity index (χ3v) is 2.87. The van der Waals surface area contributed by atoms with E-state index in [-0.39, 0.29) is 5.91 Å². The van der Waals surface area contributed by atoms with E-state index in [2.05, 4.69) is 22.5 Å². The van der Waals surface area contributed by atoms with Gasteiger partial charge in [0.15, 0.2) is 0 Å². The normalized spacial score (nSPS) is 10.4. The topological polar surface area (TPSA) is 56.9 Å². The number of amides is 1. The van der Waals surface area contributed by atoms with Crippen LogP contribution in [0.1, 0.15) is 23.0 Å². The monoisotopic (exact) mass is 277 g/mol. The maximum Gasteiger partial charge on any atom is 0.272 e. The summed E-state index contributed by atoms with van der Waals surface area (Å²) in [5, 5.41) is 6.60. The molecule has 0 spiro atoms. The molecule has 2 rings (SSSR count). The van der Waals surface area contributed by atoms with Crippen LogP contribution in [0, 0.1) is 0 Å². The van der Waals surface area contributed by atoms with Gasteiger partial charge < -0.3 is 15.6 Å². The number of carbonyl (C=O) groups is 1. The molecule has 3 N–H and O–H groups in total. The summed E-state index contributed by atoms with van der Waals surface area (Å²) in [5.74, 6) is -0.201. The van der Waals surface area contributed by atoms with Gasteiger partial charge in [0.25, 0.3) is 5.91 Å². The Bertz CT molecular complexity index is 565. The first kappa shape index (κ1) is 13.6. The molecule has 0 saturated carbocycles. The maximum absolute atomic E-state index is 11.9. The molecule has 2 aromatic rings. The summed E-state index contributed by atoms with van der Waals surface area (Å²) in [6.45, 7) is 3.76. The molecule has 5 heteroatoms. The summed E-state index contributed by atoms with van der Waals surface area (Å²) in [4.78, 5) is 14.8. The van der Waals surface area contributed by atoms with Crippen molar-refractivity contribution in [3.05, 3.63) is 52.8 Å². The molecule has 0 bridgehead atoms. The van der Waals surface area contributed by atoms with Crippen LogP contribution < -0.4 is 10.6 Å². The Kier molecular flexibility index (Phi) is 4.60. The average molecular weight is 278 g/mol. The van der Waals surface area contributed by atoms with E-state index in [4.69, 9.17) is 11.6 Å². The van der Waals surface area contributed by atoms with E-state index in [1.54, 1.807) is 12.3 Å². The van der Waals surface area contributed by atoms with Crippen LogP contribution in [0.5, 0.6) is 0 Å². The van der Waals surface area contributed by atoms with E-state index < -0.39 is 0 Å². The largest absolute Gasteiger partial charge is 0.356 e. The van der Waals surface area contributed by atoms with Gasteiger partial charge in [0.05, 0.1) is 5.02 Å². The lowest BCUT2D eigenvalue weighted by Gasteiger charge is -2.07. The number of hydrogen-bond donors (Lipinski definition) is 3. The predicted molar refractivity (Wildman–Crippen MR) is 77.6 cm³/mol. The maximum atomic E-state index is 11.9. The molecule has 0 radical (unpaired) electrons. The van der Waals surface area contributed by atoms with Crippen LogP contribution in [-0.4, -0.2) is 17.4 Å². The van der Waals surface area contributed by atoms with Crippen LogP contribution in [0.2, 0.25) is 5.02 Å². The highest BCUT2D eigenvalue weighted by Crippen LogP contribution is 2.14. The number of hydrogen-bond acceptors (Lipinski definition) is 2. The summed E-state index contributed by atoms with van der Waals surface area (Å²) in [6, 6.07) is 9.34. The van der Waals surface area contributed by atoms with Crippen molar-refractivity contribution in [2.24, 2.45) is 0 Å². The fraction of sp³-hybridized carbons (Fsp3) is 0.214. The van der Waals surface area contributed by atoms with Gasteiger partial charge in [-0.25, -0.2) is 0 Å². The van der Waals surface area contributed by atoms with E-state index in [1.165, 1.54) is 0 Å². The molecular formula is C14H16ClN3O. The van der Waals surface area contributed by atoms with E-state index in [0.29, 0.717) is 10.7 Å². The molecule has 0 aliphatic carbocycles. The number of benzene rings is 1. The molecule has 1 aromatic carbocycles. The number of H-pyrrole nitrogens is 1. The minimum absolute atomic E-state index is 0.201. The summed E-state index contributed by atoms with van der Waals surface area (Å²) in [6.07, 6.45) is 1.58. The van der Waals surface area contributed by atoms with Crippen LogP contribution in [0.25, 0.3) is 0 Å². The molecule has 0 aliphatic rings.